The van der Waals surface area contributed by atoms with E-state index in [0.29, 0.717) is 24.3 Å². The number of pyridine rings is 1. The van der Waals surface area contributed by atoms with Gasteiger partial charge in [0.05, 0.1) is 0 Å². The number of imidazole rings is 1. The Balaban J connectivity index is 1.44. The highest BCUT2D eigenvalue weighted by Gasteiger charge is 2.13. The van der Waals surface area contributed by atoms with Gasteiger partial charge >= 0.3 is 0 Å². The Bertz CT molecular complexity index is 1230. The first kappa shape index (κ1) is 21.2. The highest BCUT2D eigenvalue weighted by molar-refractivity contribution is 5.96. The number of hydrogen-bond donors (Lipinski definition) is 2. The van der Waals surface area contributed by atoms with Gasteiger partial charge in [-0.1, -0.05) is 36.4 Å². The molecule has 0 atom stereocenters. The van der Waals surface area contributed by atoms with Gasteiger partial charge in [-0.25, -0.2) is 9.97 Å². The van der Waals surface area contributed by atoms with Gasteiger partial charge in [-0.05, 0) is 42.3 Å². The lowest BCUT2D eigenvalue weighted by atomic mass is 10.1. The molecule has 7 nitrogen and oxygen atoms in total. The van der Waals surface area contributed by atoms with Crippen molar-refractivity contribution in [2.45, 2.75) is 26.3 Å². The zero-order chi connectivity index (χ0) is 22.3. The van der Waals surface area contributed by atoms with Gasteiger partial charge in [-0.15, -0.1) is 0 Å². The van der Waals surface area contributed by atoms with Gasteiger partial charge in [0.2, 0.25) is 5.91 Å². The van der Waals surface area contributed by atoms with E-state index in [1.165, 1.54) is 12.5 Å². The van der Waals surface area contributed by atoms with Crippen LogP contribution in [-0.2, 0) is 24.2 Å². The number of benzene rings is 2. The van der Waals surface area contributed by atoms with Crippen molar-refractivity contribution in [1.29, 1.82) is 0 Å². The fourth-order valence-corrected chi connectivity index (χ4v) is 3.66. The van der Waals surface area contributed by atoms with E-state index in [1.807, 2.05) is 30.3 Å². The maximum Gasteiger partial charge on any atom is 0.251 e. The molecule has 32 heavy (non-hydrogen) atoms. The van der Waals surface area contributed by atoms with Crippen LogP contribution in [0.25, 0.3) is 11.2 Å². The normalized spacial score (nSPS) is 10.8. The van der Waals surface area contributed by atoms with E-state index in [2.05, 4.69) is 32.3 Å². The van der Waals surface area contributed by atoms with Crippen LogP contribution in [0, 0.1) is 0 Å². The molecular weight excluding hydrogens is 402 g/mol. The monoisotopic (exact) mass is 427 g/mol. The van der Waals surface area contributed by atoms with E-state index in [1.54, 1.807) is 30.5 Å². The van der Waals surface area contributed by atoms with Crippen molar-refractivity contribution in [3.05, 3.63) is 89.9 Å². The third kappa shape index (κ3) is 5.18. The minimum absolute atomic E-state index is 0.176. The molecule has 0 bridgehead atoms. The number of aryl methyl sites for hydroxylation is 2. The van der Waals surface area contributed by atoms with E-state index in [4.69, 9.17) is 4.98 Å². The van der Waals surface area contributed by atoms with Crippen molar-refractivity contribution in [3.8, 4) is 0 Å². The summed E-state index contributed by atoms with van der Waals surface area (Å²) in [6.45, 7) is 2.43. The molecule has 0 aliphatic carbocycles. The summed E-state index contributed by atoms with van der Waals surface area (Å²) in [6, 6.07) is 21.0. The molecule has 0 saturated heterocycles. The molecule has 4 rings (SSSR count). The number of nitrogens with zero attached hydrogens (tertiary/aromatic N) is 3. The minimum atomic E-state index is -0.194. The summed E-state index contributed by atoms with van der Waals surface area (Å²) in [5, 5.41) is 5.65. The predicted octanol–water partition coefficient (Wildman–Crippen LogP) is 3.60. The van der Waals surface area contributed by atoms with Crippen molar-refractivity contribution in [3.63, 3.8) is 0 Å². The molecule has 0 unspecified atom stereocenters. The molecule has 162 valence electrons. The lowest BCUT2D eigenvalue weighted by molar-refractivity contribution is -0.114. The zero-order valence-corrected chi connectivity index (χ0v) is 17.9. The molecule has 0 saturated carbocycles. The first-order chi connectivity index (χ1) is 15.6. The molecule has 0 spiro atoms. The number of hydrogen-bond acceptors (Lipinski definition) is 4. The third-order valence-electron chi connectivity index (χ3n) is 5.13. The number of carbonyl (C=O) groups is 2. The quantitative estimate of drug-likeness (QED) is 0.450. The van der Waals surface area contributed by atoms with Crippen LogP contribution in [0.4, 0.5) is 5.69 Å². The average molecular weight is 428 g/mol. The Kier molecular flexibility index (Phi) is 6.55. The fourth-order valence-electron chi connectivity index (χ4n) is 3.66. The van der Waals surface area contributed by atoms with E-state index in [9.17, 15) is 9.59 Å². The lowest BCUT2D eigenvalue weighted by Crippen LogP contribution is -2.28. The maximum absolute atomic E-state index is 12.6. The second kappa shape index (κ2) is 9.87. The molecule has 7 heteroatoms. The average Bonchev–Trinajstić information content (AvgIpc) is 3.15. The van der Waals surface area contributed by atoms with E-state index < -0.39 is 0 Å². The lowest BCUT2D eigenvalue weighted by Gasteiger charge is -2.11. The molecule has 2 N–H and O–H groups in total. The van der Waals surface area contributed by atoms with Crippen LogP contribution in [-0.4, -0.2) is 32.9 Å². The van der Waals surface area contributed by atoms with Crippen molar-refractivity contribution >= 4 is 28.7 Å². The highest BCUT2D eigenvalue weighted by atomic mass is 16.2. The summed E-state index contributed by atoms with van der Waals surface area (Å²) in [5.41, 5.74) is 4.01. The molecule has 0 radical (unpaired) electrons. The molecule has 2 amide bonds. The maximum atomic E-state index is 12.6. The topological polar surface area (TPSA) is 88.9 Å². The summed E-state index contributed by atoms with van der Waals surface area (Å²) >= 11 is 0. The number of aromatic nitrogens is 3. The summed E-state index contributed by atoms with van der Waals surface area (Å²) in [4.78, 5) is 33.1. The van der Waals surface area contributed by atoms with Gasteiger partial charge in [0.1, 0.15) is 11.3 Å². The Morgan fingerprint density at radius 2 is 1.81 bits per heavy atom. The Labute approximate surface area is 186 Å². The Morgan fingerprint density at radius 3 is 2.62 bits per heavy atom. The van der Waals surface area contributed by atoms with Crippen molar-refractivity contribution < 1.29 is 9.59 Å². The summed E-state index contributed by atoms with van der Waals surface area (Å²) in [6.07, 6.45) is 3.42. The fraction of sp³-hybridized carbons (Fsp3) is 0.200. The summed E-state index contributed by atoms with van der Waals surface area (Å²) in [5.74, 6) is 0.579. The van der Waals surface area contributed by atoms with Crippen molar-refractivity contribution in [2.75, 3.05) is 11.9 Å². The smallest absolute Gasteiger partial charge is 0.251 e. The molecule has 0 fully saturated rings. The van der Waals surface area contributed by atoms with Gasteiger partial charge in [-0.2, -0.15) is 0 Å². The largest absolute Gasteiger partial charge is 0.350 e. The van der Waals surface area contributed by atoms with Crippen LogP contribution in [0.3, 0.4) is 0 Å². The number of carbonyl (C=O) groups excluding carboxylic acids is 2. The van der Waals surface area contributed by atoms with E-state index >= 15 is 0 Å². The standard InChI is InChI=1S/C25H25N5O2/c1-18(31)28-21-10-5-9-20(17-21)25(32)27-15-16-30-23(13-12-19-7-3-2-4-8-19)29-22-11-6-14-26-24(22)30/h2-11,14,17H,12-13,15-16H2,1H3,(H,27,32)(H,28,31). The van der Waals surface area contributed by atoms with Crippen molar-refractivity contribution in [2.24, 2.45) is 0 Å². The van der Waals surface area contributed by atoms with Gasteiger partial charge in [-0.3, -0.25) is 9.59 Å². The molecule has 0 aliphatic heterocycles. The second-order valence-corrected chi connectivity index (χ2v) is 7.53. The van der Waals surface area contributed by atoms with Gasteiger partial charge in [0.25, 0.3) is 5.91 Å². The van der Waals surface area contributed by atoms with E-state index in [0.717, 1.165) is 29.8 Å². The Morgan fingerprint density at radius 1 is 0.969 bits per heavy atom. The number of anilines is 1. The Hall–Kier alpha value is -4.00. The molecule has 0 aliphatic rings. The third-order valence-corrected chi connectivity index (χ3v) is 5.13. The molecular formula is C25H25N5O2. The van der Waals surface area contributed by atoms with Crippen molar-refractivity contribution in [1.82, 2.24) is 19.9 Å². The minimum Gasteiger partial charge on any atom is -0.350 e. The van der Waals surface area contributed by atoms with Gasteiger partial charge < -0.3 is 15.2 Å². The highest BCUT2D eigenvalue weighted by Crippen LogP contribution is 2.16. The first-order valence-corrected chi connectivity index (χ1v) is 10.6. The number of fused-ring (bicyclic) bond motifs is 1. The van der Waals surface area contributed by atoms with Crippen LogP contribution < -0.4 is 10.6 Å². The van der Waals surface area contributed by atoms with E-state index in [-0.39, 0.29) is 11.8 Å². The van der Waals surface area contributed by atoms with Crippen LogP contribution >= 0.6 is 0 Å². The van der Waals surface area contributed by atoms with Gasteiger partial charge in [0.15, 0.2) is 5.65 Å². The second-order valence-electron chi connectivity index (χ2n) is 7.53. The van der Waals surface area contributed by atoms with Crippen LogP contribution in [0.2, 0.25) is 0 Å². The van der Waals surface area contributed by atoms with Crippen LogP contribution in [0.1, 0.15) is 28.7 Å². The zero-order valence-electron chi connectivity index (χ0n) is 17.9. The molecule has 2 aromatic heterocycles. The SMILES string of the molecule is CC(=O)Nc1cccc(C(=O)NCCn2c(CCc3ccccc3)nc3cccnc32)c1. The number of rotatable bonds is 8. The molecule has 4 aromatic rings. The van der Waals surface area contributed by atoms with Gasteiger partial charge in [0, 0.05) is 43.9 Å². The predicted molar refractivity (Wildman–Crippen MR) is 124 cm³/mol. The van der Waals surface area contributed by atoms with Crippen LogP contribution in [0.5, 0.6) is 0 Å². The summed E-state index contributed by atoms with van der Waals surface area (Å²) in [7, 11) is 0. The number of nitrogens with one attached hydrogen (secondary N) is 2. The summed E-state index contributed by atoms with van der Waals surface area (Å²) < 4.78 is 2.08. The molecule has 2 heterocycles. The van der Waals surface area contributed by atoms with Crippen LogP contribution in [0.15, 0.2) is 72.9 Å². The molecule has 2 aromatic carbocycles. The number of amides is 2. The first-order valence-electron chi connectivity index (χ1n) is 10.6.